The molecule has 3 aliphatic carbocycles. The molecule has 3 aliphatic rings. The molecular formula is C28H43NO4. The van der Waals surface area contributed by atoms with Gasteiger partial charge in [-0.05, 0) is 87.9 Å². The van der Waals surface area contributed by atoms with Gasteiger partial charge in [0.15, 0.2) is 0 Å². The van der Waals surface area contributed by atoms with Gasteiger partial charge in [0, 0.05) is 19.0 Å². The standard InChI is InChI=1S/C28H43NO4/c1-18-21(15-22(30)16-25(18)31)11-10-20-9-8-14-28(6)23(12-13-24(20)28)19(2)33-17-26(32)29(7)27(3,4)5/h10-12,19,22,24-25,30-31H,1,8-9,13-17H2,2-7H3/t19-,22+,24-,25-,28+/m0/s1. The van der Waals surface area contributed by atoms with Crippen molar-refractivity contribution in [3.8, 4) is 0 Å². The minimum atomic E-state index is -0.659. The number of aliphatic hydroxyl groups excluding tert-OH is 2. The van der Waals surface area contributed by atoms with E-state index in [9.17, 15) is 15.0 Å². The third-order valence-corrected chi connectivity index (χ3v) is 8.15. The molecule has 0 radical (unpaired) electrons. The number of nitrogens with zero attached hydrogens (tertiary/aromatic N) is 1. The number of carbonyl (C=O) groups excluding carboxylic acids is 1. The molecule has 184 valence electrons. The number of hydrogen-bond acceptors (Lipinski definition) is 4. The van der Waals surface area contributed by atoms with Crippen LogP contribution in [0.5, 0.6) is 0 Å². The molecule has 3 rings (SSSR count). The molecule has 5 nitrogen and oxygen atoms in total. The molecule has 0 saturated heterocycles. The van der Waals surface area contributed by atoms with E-state index in [1.54, 1.807) is 4.90 Å². The number of allylic oxidation sites excluding steroid dienone is 4. The maximum atomic E-state index is 12.6. The van der Waals surface area contributed by atoms with E-state index in [-0.39, 0.29) is 29.6 Å². The smallest absolute Gasteiger partial charge is 0.248 e. The largest absolute Gasteiger partial charge is 0.393 e. The lowest BCUT2D eigenvalue weighted by atomic mass is 9.63. The van der Waals surface area contributed by atoms with Gasteiger partial charge in [-0.3, -0.25) is 4.79 Å². The Morgan fingerprint density at radius 3 is 2.73 bits per heavy atom. The van der Waals surface area contributed by atoms with Gasteiger partial charge in [0.05, 0.1) is 18.3 Å². The summed E-state index contributed by atoms with van der Waals surface area (Å²) in [5.41, 5.74) is 4.22. The number of fused-ring (bicyclic) bond motifs is 1. The van der Waals surface area contributed by atoms with E-state index >= 15 is 0 Å². The van der Waals surface area contributed by atoms with Crippen molar-refractivity contribution >= 4 is 5.91 Å². The van der Waals surface area contributed by atoms with E-state index in [2.05, 4.69) is 38.7 Å². The van der Waals surface area contributed by atoms with Crippen LogP contribution in [0.15, 0.2) is 47.1 Å². The first-order chi connectivity index (χ1) is 15.3. The monoisotopic (exact) mass is 457 g/mol. The van der Waals surface area contributed by atoms with Crippen LogP contribution in [0.3, 0.4) is 0 Å². The van der Waals surface area contributed by atoms with Crippen molar-refractivity contribution in [3.63, 3.8) is 0 Å². The Balaban J connectivity index is 1.70. The summed E-state index contributed by atoms with van der Waals surface area (Å²) in [6.45, 7) is 14.6. The molecule has 0 bridgehead atoms. The van der Waals surface area contributed by atoms with Crippen molar-refractivity contribution in [2.45, 2.75) is 97.0 Å². The van der Waals surface area contributed by atoms with E-state index < -0.39 is 12.2 Å². The molecular weight excluding hydrogens is 414 g/mol. The third kappa shape index (κ3) is 5.52. The molecule has 0 aromatic carbocycles. The normalized spacial score (nSPS) is 33.8. The molecule has 2 fully saturated rings. The fraction of sp³-hybridized carbons (Fsp3) is 0.679. The highest BCUT2D eigenvalue weighted by molar-refractivity contribution is 5.77. The van der Waals surface area contributed by atoms with Crippen LogP contribution in [0.1, 0.15) is 73.1 Å². The van der Waals surface area contributed by atoms with E-state index in [1.807, 2.05) is 27.8 Å². The van der Waals surface area contributed by atoms with Gasteiger partial charge in [-0.2, -0.15) is 0 Å². The van der Waals surface area contributed by atoms with Gasteiger partial charge < -0.3 is 19.8 Å². The second-order valence-electron chi connectivity index (χ2n) is 11.4. The van der Waals surface area contributed by atoms with Crippen molar-refractivity contribution in [2.24, 2.45) is 11.3 Å². The van der Waals surface area contributed by atoms with Gasteiger partial charge in [0.1, 0.15) is 6.61 Å². The molecule has 2 N–H and O–H groups in total. The molecule has 0 unspecified atom stereocenters. The molecule has 2 saturated carbocycles. The average molecular weight is 458 g/mol. The summed E-state index contributed by atoms with van der Waals surface area (Å²) < 4.78 is 6.09. The second kappa shape index (κ2) is 9.89. The van der Waals surface area contributed by atoms with Crippen LogP contribution in [-0.2, 0) is 9.53 Å². The zero-order valence-electron chi connectivity index (χ0n) is 21.4. The first-order valence-electron chi connectivity index (χ1n) is 12.4. The third-order valence-electron chi connectivity index (χ3n) is 8.15. The van der Waals surface area contributed by atoms with Crippen molar-refractivity contribution in [3.05, 3.63) is 47.1 Å². The highest BCUT2D eigenvalue weighted by Gasteiger charge is 2.46. The molecule has 5 atom stereocenters. The van der Waals surface area contributed by atoms with E-state index in [1.165, 1.54) is 11.1 Å². The Morgan fingerprint density at radius 2 is 2.06 bits per heavy atom. The number of amides is 1. The highest BCUT2D eigenvalue weighted by Crippen LogP contribution is 2.55. The first-order valence-corrected chi connectivity index (χ1v) is 12.4. The van der Waals surface area contributed by atoms with Crippen LogP contribution in [-0.4, -0.2) is 58.5 Å². The SMILES string of the molecule is C=C1C(=CC=C2CCC[C@]3(C)C([C@H](C)OCC(=O)N(C)C(C)(C)C)=CC[C@@H]23)C[C@@H](O)C[C@@H]1O. The molecule has 1 amide bonds. The van der Waals surface area contributed by atoms with Gasteiger partial charge in [-0.1, -0.05) is 37.3 Å². The number of rotatable bonds is 5. The quantitative estimate of drug-likeness (QED) is 0.587. The summed E-state index contributed by atoms with van der Waals surface area (Å²) in [6, 6.07) is 0. The predicted octanol–water partition coefficient (Wildman–Crippen LogP) is 4.71. The number of ether oxygens (including phenoxy) is 1. The van der Waals surface area contributed by atoms with Crippen molar-refractivity contribution < 1.29 is 19.7 Å². The van der Waals surface area contributed by atoms with Crippen LogP contribution >= 0.6 is 0 Å². The lowest BCUT2D eigenvalue weighted by Gasteiger charge is -2.42. The fourth-order valence-electron chi connectivity index (χ4n) is 5.70. The van der Waals surface area contributed by atoms with Crippen molar-refractivity contribution in [1.82, 2.24) is 4.90 Å². The zero-order chi connectivity index (χ0) is 24.6. The van der Waals surface area contributed by atoms with E-state index in [0.717, 1.165) is 36.8 Å². The minimum absolute atomic E-state index is 0.00240. The number of carbonyl (C=O) groups is 1. The molecule has 0 heterocycles. The van der Waals surface area contributed by atoms with Crippen molar-refractivity contribution in [2.75, 3.05) is 13.7 Å². The Hall–Kier alpha value is -1.69. The second-order valence-corrected chi connectivity index (χ2v) is 11.4. The average Bonchev–Trinajstić information content (AvgIpc) is 3.09. The van der Waals surface area contributed by atoms with Gasteiger partial charge in [0.25, 0.3) is 0 Å². The van der Waals surface area contributed by atoms with Crippen LogP contribution < -0.4 is 0 Å². The molecule has 0 spiro atoms. The zero-order valence-corrected chi connectivity index (χ0v) is 21.4. The first kappa shape index (κ1) is 25.9. The summed E-state index contributed by atoms with van der Waals surface area (Å²) in [7, 11) is 1.83. The number of likely N-dealkylation sites (N-methyl/N-ethyl adjacent to an activating group) is 1. The minimum Gasteiger partial charge on any atom is -0.393 e. The van der Waals surface area contributed by atoms with Crippen LogP contribution in [0, 0.1) is 11.3 Å². The van der Waals surface area contributed by atoms with Gasteiger partial charge >= 0.3 is 0 Å². The summed E-state index contributed by atoms with van der Waals surface area (Å²) in [6.07, 6.45) is 10.5. The van der Waals surface area contributed by atoms with Crippen LogP contribution in [0.25, 0.3) is 0 Å². The Bertz CT molecular complexity index is 862. The van der Waals surface area contributed by atoms with E-state index in [0.29, 0.717) is 18.8 Å². The molecule has 0 aromatic heterocycles. The summed E-state index contributed by atoms with van der Waals surface area (Å²) in [5, 5.41) is 20.2. The lowest BCUT2D eigenvalue weighted by molar-refractivity contribution is -0.140. The summed E-state index contributed by atoms with van der Waals surface area (Å²) in [5.74, 6) is 0.423. The van der Waals surface area contributed by atoms with Gasteiger partial charge in [0.2, 0.25) is 5.91 Å². The number of hydrogen-bond donors (Lipinski definition) is 2. The van der Waals surface area contributed by atoms with Crippen molar-refractivity contribution in [1.29, 1.82) is 0 Å². The van der Waals surface area contributed by atoms with Gasteiger partial charge in [-0.25, -0.2) is 0 Å². The van der Waals surface area contributed by atoms with Crippen LogP contribution in [0.4, 0.5) is 0 Å². The van der Waals surface area contributed by atoms with Gasteiger partial charge in [-0.15, -0.1) is 0 Å². The molecule has 0 aromatic rings. The Morgan fingerprint density at radius 1 is 1.36 bits per heavy atom. The maximum Gasteiger partial charge on any atom is 0.248 e. The summed E-state index contributed by atoms with van der Waals surface area (Å²) in [4.78, 5) is 14.3. The Labute approximate surface area is 199 Å². The molecule has 33 heavy (non-hydrogen) atoms. The van der Waals surface area contributed by atoms with E-state index in [4.69, 9.17) is 4.74 Å². The fourth-order valence-corrected chi connectivity index (χ4v) is 5.70. The Kier molecular flexibility index (Phi) is 7.77. The maximum absolute atomic E-state index is 12.6. The van der Waals surface area contributed by atoms with Crippen LogP contribution in [0.2, 0.25) is 0 Å². The highest BCUT2D eigenvalue weighted by atomic mass is 16.5. The molecule has 5 heteroatoms. The predicted molar refractivity (Wildman–Crippen MR) is 133 cm³/mol. The molecule has 0 aliphatic heterocycles. The topological polar surface area (TPSA) is 70.0 Å². The number of aliphatic hydroxyl groups is 2. The summed E-state index contributed by atoms with van der Waals surface area (Å²) >= 11 is 0. The lowest BCUT2D eigenvalue weighted by Crippen LogP contribution is -2.45.